The topological polar surface area (TPSA) is 94.2 Å². The highest BCUT2D eigenvalue weighted by molar-refractivity contribution is 6.01. The summed E-state index contributed by atoms with van der Waals surface area (Å²) in [6.45, 7) is 0.804. The van der Waals surface area contributed by atoms with Crippen molar-refractivity contribution in [1.29, 1.82) is 0 Å². The van der Waals surface area contributed by atoms with Crippen molar-refractivity contribution in [3.8, 4) is 17.2 Å². The molecule has 0 atom stereocenters. The van der Waals surface area contributed by atoms with Gasteiger partial charge in [0.2, 0.25) is 11.7 Å². The summed E-state index contributed by atoms with van der Waals surface area (Å²) in [7, 11) is 3.05. The molecule has 0 bridgehead atoms. The molecule has 1 spiro atoms. The summed E-state index contributed by atoms with van der Waals surface area (Å²) in [6.07, 6.45) is 1.27. The maximum atomic E-state index is 12.8. The van der Waals surface area contributed by atoms with Crippen LogP contribution in [0.3, 0.4) is 0 Å². The molecule has 0 radical (unpaired) electrons. The Labute approximate surface area is 186 Å². The van der Waals surface area contributed by atoms with Gasteiger partial charge in [0.1, 0.15) is 5.60 Å². The van der Waals surface area contributed by atoms with Crippen molar-refractivity contribution in [1.82, 2.24) is 10.2 Å². The van der Waals surface area contributed by atoms with Gasteiger partial charge >= 0.3 is 0 Å². The van der Waals surface area contributed by atoms with E-state index in [1.807, 2.05) is 6.07 Å². The highest BCUT2D eigenvalue weighted by Crippen LogP contribution is 2.47. The van der Waals surface area contributed by atoms with Crippen LogP contribution in [0.5, 0.6) is 17.2 Å². The van der Waals surface area contributed by atoms with Crippen LogP contribution in [0.2, 0.25) is 0 Å². The van der Waals surface area contributed by atoms with Crippen LogP contribution >= 0.6 is 0 Å². The van der Waals surface area contributed by atoms with Crippen LogP contribution in [0.15, 0.2) is 42.5 Å². The largest absolute Gasteiger partial charge is 0.493 e. The number of ketones is 1. The summed E-state index contributed by atoms with van der Waals surface area (Å²) >= 11 is 0. The molecule has 0 unspecified atom stereocenters. The zero-order valence-corrected chi connectivity index (χ0v) is 18.2. The number of carbonyl (C=O) groups excluding carboxylic acids is 3. The Balaban J connectivity index is 1.39. The number of ether oxygens (including phenoxy) is 3. The fourth-order valence-electron chi connectivity index (χ4n) is 4.26. The van der Waals surface area contributed by atoms with Gasteiger partial charge in [-0.3, -0.25) is 14.4 Å². The first-order valence-electron chi connectivity index (χ1n) is 10.5. The number of rotatable bonds is 5. The Morgan fingerprint density at radius 2 is 1.78 bits per heavy atom. The first-order valence-corrected chi connectivity index (χ1v) is 10.5. The van der Waals surface area contributed by atoms with Crippen LogP contribution in [-0.4, -0.2) is 62.0 Å². The third-order valence-electron chi connectivity index (χ3n) is 6.07. The van der Waals surface area contributed by atoms with Crippen molar-refractivity contribution in [3.63, 3.8) is 0 Å². The number of nitrogens with zero attached hydrogens (tertiary/aromatic N) is 1. The van der Waals surface area contributed by atoms with E-state index in [1.54, 1.807) is 41.3 Å². The van der Waals surface area contributed by atoms with E-state index in [1.165, 1.54) is 14.2 Å². The fourth-order valence-corrected chi connectivity index (χ4v) is 4.26. The smallest absolute Gasteiger partial charge is 0.251 e. The first-order chi connectivity index (χ1) is 15.5. The van der Waals surface area contributed by atoms with Crippen LogP contribution in [0, 0.1) is 0 Å². The standard InChI is InChI=1S/C24H26N2O6/c1-30-19-9-8-17-18(27)14-24(32-21(17)22(19)31-2)10-12-26(13-11-24)20(28)15-25-23(29)16-6-4-3-5-7-16/h3-9H,10-15H2,1-2H3,(H,25,29). The molecule has 0 aliphatic carbocycles. The van der Waals surface area contributed by atoms with Gasteiger partial charge in [0.05, 0.1) is 32.7 Å². The normalized spacial score (nSPS) is 16.7. The maximum Gasteiger partial charge on any atom is 0.251 e. The molecular weight excluding hydrogens is 412 g/mol. The van der Waals surface area contributed by atoms with E-state index in [-0.39, 0.29) is 30.6 Å². The second kappa shape index (κ2) is 8.90. The van der Waals surface area contributed by atoms with Crippen molar-refractivity contribution in [2.24, 2.45) is 0 Å². The van der Waals surface area contributed by atoms with Crippen molar-refractivity contribution in [2.45, 2.75) is 24.9 Å². The van der Waals surface area contributed by atoms with E-state index in [9.17, 15) is 14.4 Å². The van der Waals surface area contributed by atoms with E-state index in [4.69, 9.17) is 14.2 Å². The lowest BCUT2D eigenvalue weighted by molar-refractivity contribution is -0.133. The lowest BCUT2D eigenvalue weighted by atomic mass is 9.82. The van der Waals surface area contributed by atoms with Crippen molar-refractivity contribution in [3.05, 3.63) is 53.6 Å². The number of amides is 2. The molecule has 4 rings (SSSR count). The minimum absolute atomic E-state index is 0.0119. The Morgan fingerprint density at radius 1 is 1.06 bits per heavy atom. The maximum absolute atomic E-state index is 12.8. The van der Waals surface area contributed by atoms with Gasteiger partial charge in [-0.25, -0.2) is 0 Å². The second-order valence-corrected chi connectivity index (χ2v) is 7.99. The number of likely N-dealkylation sites (tertiary alicyclic amines) is 1. The number of carbonyl (C=O) groups is 3. The molecule has 2 aliphatic rings. The number of hydrogen-bond acceptors (Lipinski definition) is 6. The molecule has 2 aliphatic heterocycles. The molecule has 8 nitrogen and oxygen atoms in total. The number of fused-ring (bicyclic) bond motifs is 1. The molecule has 2 heterocycles. The first kappa shape index (κ1) is 21.7. The highest BCUT2D eigenvalue weighted by atomic mass is 16.5. The quantitative estimate of drug-likeness (QED) is 0.771. The minimum Gasteiger partial charge on any atom is -0.493 e. The minimum atomic E-state index is -0.687. The molecule has 1 saturated heterocycles. The van der Waals surface area contributed by atoms with Gasteiger partial charge in [0.25, 0.3) is 5.91 Å². The molecule has 1 fully saturated rings. The molecule has 32 heavy (non-hydrogen) atoms. The Hall–Kier alpha value is -3.55. The van der Waals surface area contributed by atoms with Crippen molar-refractivity contribution < 1.29 is 28.6 Å². The van der Waals surface area contributed by atoms with Crippen LogP contribution in [-0.2, 0) is 4.79 Å². The Kier molecular flexibility index (Phi) is 6.03. The van der Waals surface area contributed by atoms with Crippen LogP contribution in [0.25, 0.3) is 0 Å². The third kappa shape index (κ3) is 4.12. The molecule has 2 aromatic rings. The Morgan fingerprint density at radius 3 is 2.44 bits per heavy atom. The number of nitrogens with one attached hydrogen (secondary N) is 1. The van der Waals surface area contributed by atoms with Gasteiger partial charge < -0.3 is 24.4 Å². The van der Waals surface area contributed by atoms with Crippen molar-refractivity contribution >= 4 is 17.6 Å². The van der Waals surface area contributed by atoms with E-state index < -0.39 is 5.60 Å². The third-order valence-corrected chi connectivity index (χ3v) is 6.07. The number of methoxy groups -OCH3 is 2. The SMILES string of the molecule is COc1ccc2c(c1OC)OC1(CCN(C(=O)CNC(=O)c3ccccc3)CC1)CC2=O. The average Bonchev–Trinajstić information content (AvgIpc) is 2.82. The van der Waals surface area contributed by atoms with E-state index in [0.29, 0.717) is 54.3 Å². The summed E-state index contributed by atoms with van der Waals surface area (Å²) in [6, 6.07) is 12.2. The fraction of sp³-hybridized carbons (Fsp3) is 0.375. The van der Waals surface area contributed by atoms with Gasteiger partial charge in [-0.15, -0.1) is 0 Å². The van der Waals surface area contributed by atoms with Crippen LogP contribution in [0.4, 0.5) is 0 Å². The monoisotopic (exact) mass is 438 g/mol. The van der Waals surface area contributed by atoms with Gasteiger partial charge in [0.15, 0.2) is 17.3 Å². The van der Waals surface area contributed by atoms with Gasteiger partial charge in [0, 0.05) is 31.5 Å². The molecule has 1 N–H and O–H groups in total. The number of benzene rings is 2. The molecule has 0 aromatic heterocycles. The second-order valence-electron chi connectivity index (χ2n) is 7.99. The number of Topliss-reactive ketones (excluding diaryl/α,β-unsaturated/α-hetero) is 1. The predicted octanol–water partition coefficient (Wildman–Crippen LogP) is 2.46. The van der Waals surface area contributed by atoms with E-state index in [0.717, 1.165) is 0 Å². The van der Waals surface area contributed by atoms with Gasteiger partial charge in [-0.05, 0) is 24.3 Å². The summed E-state index contributed by atoms with van der Waals surface area (Å²) < 4.78 is 17.1. The molecular formula is C24H26N2O6. The number of hydrogen-bond donors (Lipinski definition) is 1. The lowest BCUT2D eigenvalue weighted by Crippen LogP contribution is -2.53. The van der Waals surface area contributed by atoms with Gasteiger partial charge in [-0.1, -0.05) is 18.2 Å². The van der Waals surface area contributed by atoms with E-state index >= 15 is 0 Å². The summed E-state index contributed by atoms with van der Waals surface area (Å²) in [5.74, 6) is 0.842. The summed E-state index contributed by atoms with van der Waals surface area (Å²) in [5, 5.41) is 2.67. The van der Waals surface area contributed by atoms with E-state index in [2.05, 4.69) is 5.32 Å². The lowest BCUT2D eigenvalue weighted by Gasteiger charge is -2.44. The Bertz CT molecular complexity index is 1030. The summed E-state index contributed by atoms with van der Waals surface area (Å²) in [5.41, 5.74) is 0.304. The molecule has 0 saturated carbocycles. The number of piperidine rings is 1. The van der Waals surface area contributed by atoms with Crippen LogP contribution in [0.1, 0.15) is 40.0 Å². The highest BCUT2D eigenvalue weighted by Gasteiger charge is 2.45. The molecule has 2 amide bonds. The average molecular weight is 438 g/mol. The zero-order valence-electron chi connectivity index (χ0n) is 18.2. The van der Waals surface area contributed by atoms with Crippen molar-refractivity contribution in [2.75, 3.05) is 33.9 Å². The zero-order chi connectivity index (χ0) is 22.7. The van der Waals surface area contributed by atoms with Gasteiger partial charge in [-0.2, -0.15) is 0 Å². The van der Waals surface area contributed by atoms with Crippen LogP contribution < -0.4 is 19.5 Å². The molecule has 2 aromatic carbocycles. The summed E-state index contributed by atoms with van der Waals surface area (Å²) in [4.78, 5) is 39.3. The molecule has 8 heteroatoms. The molecule has 168 valence electrons. The predicted molar refractivity (Wildman–Crippen MR) is 116 cm³/mol.